The minimum absolute atomic E-state index is 0.0958. The van der Waals surface area contributed by atoms with Crippen molar-refractivity contribution in [3.05, 3.63) is 52.2 Å². The molecule has 2 amide bonds. The third-order valence-corrected chi connectivity index (χ3v) is 5.97. The van der Waals surface area contributed by atoms with Crippen molar-refractivity contribution < 1.29 is 9.59 Å². The number of nitrogens with zero attached hydrogens (tertiary/aromatic N) is 2. The Bertz CT molecular complexity index is 972. The van der Waals surface area contributed by atoms with E-state index < -0.39 is 0 Å². The van der Waals surface area contributed by atoms with Crippen LogP contribution >= 0.6 is 11.3 Å². The molecule has 27 heavy (non-hydrogen) atoms. The molecule has 140 valence electrons. The van der Waals surface area contributed by atoms with Gasteiger partial charge < -0.3 is 10.6 Å². The van der Waals surface area contributed by atoms with Gasteiger partial charge >= 0.3 is 0 Å². The lowest BCUT2D eigenvalue weighted by molar-refractivity contribution is 0.0954. The van der Waals surface area contributed by atoms with Gasteiger partial charge in [0.2, 0.25) is 0 Å². The molecule has 4 rings (SSSR count). The van der Waals surface area contributed by atoms with Gasteiger partial charge in [-0.3, -0.25) is 9.59 Å². The minimum atomic E-state index is -0.290. The van der Waals surface area contributed by atoms with E-state index in [9.17, 15) is 9.59 Å². The number of fused-ring (bicyclic) bond motifs is 2. The van der Waals surface area contributed by atoms with Gasteiger partial charge in [0.15, 0.2) is 5.69 Å². The molecular weight excluding hydrogens is 360 g/mol. The molecule has 0 aromatic carbocycles. The molecule has 0 spiro atoms. The van der Waals surface area contributed by atoms with Crippen LogP contribution in [0.1, 0.15) is 57.5 Å². The third-order valence-electron chi connectivity index (χ3n) is 4.76. The Morgan fingerprint density at radius 3 is 2.89 bits per heavy atom. The molecule has 3 heterocycles. The predicted octanol–water partition coefficient (Wildman–Crippen LogP) is 3.67. The Hall–Kier alpha value is -2.67. The second kappa shape index (κ2) is 7.52. The van der Waals surface area contributed by atoms with Crippen molar-refractivity contribution in [2.75, 3.05) is 11.9 Å². The van der Waals surface area contributed by atoms with Crippen molar-refractivity contribution in [1.82, 2.24) is 14.9 Å². The van der Waals surface area contributed by atoms with E-state index in [1.54, 1.807) is 16.8 Å². The maximum Gasteiger partial charge on any atom is 0.276 e. The Morgan fingerprint density at radius 1 is 1.22 bits per heavy atom. The van der Waals surface area contributed by atoms with E-state index in [4.69, 9.17) is 0 Å². The molecule has 0 unspecified atom stereocenters. The SMILES string of the molecule is CCCNC(=O)c1c(NC(=O)c2cc3ccccn3n2)sc2c1CCCC2. The van der Waals surface area contributed by atoms with E-state index >= 15 is 0 Å². The molecule has 1 aliphatic carbocycles. The van der Waals surface area contributed by atoms with Gasteiger partial charge in [0.25, 0.3) is 11.8 Å². The Kier molecular flexibility index (Phi) is 4.94. The van der Waals surface area contributed by atoms with Crippen LogP contribution in [-0.4, -0.2) is 28.0 Å². The van der Waals surface area contributed by atoms with Crippen molar-refractivity contribution in [3.63, 3.8) is 0 Å². The summed E-state index contributed by atoms with van der Waals surface area (Å²) >= 11 is 1.53. The summed E-state index contributed by atoms with van der Waals surface area (Å²) in [5.74, 6) is -0.386. The molecule has 0 saturated carbocycles. The molecule has 2 N–H and O–H groups in total. The number of carbonyl (C=O) groups is 2. The van der Waals surface area contributed by atoms with Gasteiger partial charge in [-0.1, -0.05) is 13.0 Å². The molecule has 0 atom stereocenters. The fraction of sp³-hybridized carbons (Fsp3) is 0.350. The lowest BCUT2D eigenvalue weighted by atomic mass is 9.95. The monoisotopic (exact) mass is 382 g/mol. The topological polar surface area (TPSA) is 75.5 Å². The molecule has 0 fully saturated rings. The van der Waals surface area contributed by atoms with E-state index in [0.717, 1.165) is 43.2 Å². The zero-order valence-corrected chi connectivity index (χ0v) is 16.1. The van der Waals surface area contributed by atoms with Gasteiger partial charge in [-0.15, -0.1) is 11.3 Å². The number of amides is 2. The van der Waals surface area contributed by atoms with Crippen LogP contribution in [0, 0.1) is 0 Å². The van der Waals surface area contributed by atoms with Crippen molar-refractivity contribution in [1.29, 1.82) is 0 Å². The number of anilines is 1. The highest BCUT2D eigenvalue weighted by atomic mass is 32.1. The molecule has 3 aromatic heterocycles. The summed E-state index contributed by atoms with van der Waals surface area (Å²) in [5.41, 5.74) is 2.94. The van der Waals surface area contributed by atoms with Crippen molar-refractivity contribution in [2.24, 2.45) is 0 Å². The van der Waals surface area contributed by atoms with Crippen LogP contribution in [0.15, 0.2) is 30.5 Å². The second-order valence-electron chi connectivity index (χ2n) is 6.72. The summed E-state index contributed by atoms with van der Waals surface area (Å²) in [5, 5.41) is 10.9. The number of nitrogens with one attached hydrogen (secondary N) is 2. The molecule has 3 aromatic rings. The molecule has 0 bridgehead atoms. The van der Waals surface area contributed by atoms with Crippen LogP contribution in [0.2, 0.25) is 0 Å². The van der Waals surface area contributed by atoms with Gasteiger partial charge in [0.05, 0.1) is 11.1 Å². The summed E-state index contributed by atoms with van der Waals surface area (Å²) in [6.45, 7) is 2.65. The summed E-state index contributed by atoms with van der Waals surface area (Å²) in [4.78, 5) is 26.7. The van der Waals surface area contributed by atoms with Crippen LogP contribution in [0.5, 0.6) is 0 Å². The van der Waals surface area contributed by atoms with E-state index in [1.807, 2.05) is 25.1 Å². The zero-order valence-electron chi connectivity index (χ0n) is 15.2. The van der Waals surface area contributed by atoms with Crippen molar-refractivity contribution >= 4 is 33.7 Å². The number of aromatic nitrogens is 2. The number of rotatable bonds is 5. The number of thiophene rings is 1. The zero-order chi connectivity index (χ0) is 18.8. The lowest BCUT2D eigenvalue weighted by Crippen LogP contribution is -2.26. The van der Waals surface area contributed by atoms with Gasteiger partial charge in [-0.2, -0.15) is 5.10 Å². The highest BCUT2D eigenvalue weighted by Gasteiger charge is 2.26. The number of aryl methyl sites for hydroxylation is 1. The molecule has 6 nitrogen and oxygen atoms in total. The van der Waals surface area contributed by atoms with Crippen LogP contribution < -0.4 is 10.6 Å². The largest absolute Gasteiger partial charge is 0.352 e. The molecule has 7 heteroatoms. The Morgan fingerprint density at radius 2 is 2.07 bits per heavy atom. The highest BCUT2D eigenvalue weighted by Crippen LogP contribution is 2.38. The Labute approximate surface area is 161 Å². The second-order valence-corrected chi connectivity index (χ2v) is 7.83. The first-order valence-electron chi connectivity index (χ1n) is 9.36. The maximum atomic E-state index is 12.8. The molecule has 1 aliphatic rings. The normalized spacial score (nSPS) is 13.4. The fourth-order valence-corrected chi connectivity index (χ4v) is 4.72. The summed E-state index contributed by atoms with van der Waals surface area (Å²) in [7, 11) is 0. The number of pyridine rings is 1. The van der Waals surface area contributed by atoms with Crippen molar-refractivity contribution in [3.8, 4) is 0 Å². The first-order chi connectivity index (χ1) is 13.2. The van der Waals surface area contributed by atoms with Crippen LogP contribution in [0.4, 0.5) is 5.00 Å². The Balaban J connectivity index is 1.65. The maximum absolute atomic E-state index is 12.8. The average molecular weight is 382 g/mol. The predicted molar refractivity (Wildman–Crippen MR) is 107 cm³/mol. The smallest absolute Gasteiger partial charge is 0.276 e. The number of hydrogen-bond acceptors (Lipinski definition) is 4. The first kappa shape index (κ1) is 17.7. The summed E-state index contributed by atoms with van der Waals surface area (Å²) < 4.78 is 1.67. The van der Waals surface area contributed by atoms with Gasteiger partial charge in [-0.25, -0.2) is 4.52 Å². The van der Waals surface area contributed by atoms with Gasteiger partial charge in [-0.05, 0) is 55.9 Å². The quantitative estimate of drug-likeness (QED) is 0.707. The van der Waals surface area contributed by atoms with Crippen molar-refractivity contribution in [2.45, 2.75) is 39.0 Å². The average Bonchev–Trinajstić information content (AvgIpc) is 3.27. The minimum Gasteiger partial charge on any atom is -0.352 e. The highest BCUT2D eigenvalue weighted by molar-refractivity contribution is 7.17. The van der Waals surface area contributed by atoms with Crippen LogP contribution in [0.3, 0.4) is 0 Å². The summed E-state index contributed by atoms with van der Waals surface area (Å²) in [6, 6.07) is 7.42. The molecular formula is C20H22N4O2S. The molecule has 0 radical (unpaired) electrons. The summed E-state index contributed by atoms with van der Waals surface area (Å²) in [6.07, 6.45) is 6.75. The van der Waals surface area contributed by atoms with Crippen LogP contribution in [0.25, 0.3) is 5.52 Å². The van der Waals surface area contributed by atoms with Gasteiger partial charge in [0.1, 0.15) is 5.00 Å². The standard InChI is InChI=1S/C20H22N4O2S/c1-2-10-21-19(26)17-14-8-3-4-9-16(14)27-20(17)22-18(25)15-12-13-7-5-6-11-24(13)23-15/h5-7,11-12H,2-4,8-10H2,1H3,(H,21,26)(H,22,25). The van der Waals surface area contributed by atoms with E-state index in [2.05, 4.69) is 15.7 Å². The third kappa shape index (κ3) is 3.47. The van der Waals surface area contributed by atoms with Crippen LogP contribution in [-0.2, 0) is 12.8 Å². The van der Waals surface area contributed by atoms with E-state index in [0.29, 0.717) is 22.8 Å². The molecule has 0 saturated heterocycles. The molecule has 0 aliphatic heterocycles. The fourth-order valence-electron chi connectivity index (χ4n) is 3.44. The van der Waals surface area contributed by atoms with E-state index in [-0.39, 0.29) is 11.8 Å². The first-order valence-corrected chi connectivity index (χ1v) is 10.2. The van der Waals surface area contributed by atoms with Gasteiger partial charge in [0, 0.05) is 17.6 Å². The van der Waals surface area contributed by atoms with E-state index in [1.165, 1.54) is 16.2 Å². The number of hydrogen-bond donors (Lipinski definition) is 2. The number of carbonyl (C=O) groups excluding carboxylic acids is 2. The lowest BCUT2D eigenvalue weighted by Gasteiger charge is -2.13.